The Morgan fingerprint density at radius 3 is 2.43 bits per heavy atom. The van der Waals surface area contributed by atoms with Gasteiger partial charge >= 0.3 is 6.09 Å². The molecule has 2 saturated heterocycles. The van der Waals surface area contributed by atoms with Crippen molar-refractivity contribution in [3.05, 3.63) is 29.8 Å². The quantitative estimate of drug-likeness (QED) is 0.341. The van der Waals surface area contributed by atoms with Crippen molar-refractivity contribution in [1.82, 2.24) is 25.8 Å². The van der Waals surface area contributed by atoms with Crippen LogP contribution in [0.25, 0.3) is 0 Å². The van der Waals surface area contributed by atoms with Crippen molar-refractivity contribution >= 4 is 23.8 Å². The molecule has 4 fully saturated rings. The van der Waals surface area contributed by atoms with E-state index < -0.39 is 35.6 Å². The number of hydrogen-bond donors (Lipinski definition) is 4. The summed E-state index contributed by atoms with van der Waals surface area (Å²) in [4.78, 5) is 58.7. The predicted molar refractivity (Wildman–Crippen MR) is 172 cm³/mol. The SMILES string of the molecule is C[C@H](C(=O)N[C@H](C(=O)N1C[C@H]2C[C@@H]3C[C@@H]3N2C[C@H]1C(=O)N[C@@H]1CCOc2ccccc21)C1CCCCC1)C(NC(=O)O)C(C)(C)C. The van der Waals surface area contributed by atoms with Crippen LogP contribution in [0, 0.1) is 23.2 Å². The van der Waals surface area contributed by atoms with Gasteiger partial charge in [-0.1, -0.05) is 65.2 Å². The second-order valence-corrected chi connectivity index (χ2v) is 15.4. The Morgan fingerprint density at radius 2 is 1.72 bits per heavy atom. The third kappa shape index (κ3) is 6.71. The molecule has 252 valence electrons. The molecule has 5 aliphatic rings. The summed E-state index contributed by atoms with van der Waals surface area (Å²) in [5.74, 6) is -0.0522. The van der Waals surface area contributed by atoms with Gasteiger partial charge in [0, 0.05) is 43.2 Å². The van der Waals surface area contributed by atoms with Gasteiger partial charge in [-0.3, -0.25) is 19.3 Å². The summed E-state index contributed by atoms with van der Waals surface area (Å²) in [6.45, 7) is 8.87. The van der Waals surface area contributed by atoms with Gasteiger partial charge in [0.25, 0.3) is 0 Å². The first-order chi connectivity index (χ1) is 21.9. The zero-order valence-corrected chi connectivity index (χ0v) is 27.7. The fourth-order valence-electron chi connectivity index (χ4n) is 8.68. The van der Waals surface area contributed by atoms with E-state index in [0.29, 0.717) is 38.1 Å². The molecule has 1 aromatic carbocycles. The molecule has 2 saturated carbocycles. The number of piperazine rings is 1. The lowest BCUT2D eigenvalue weighted by atomic mass is 9.78. The van der Waals surface area contributed by atoms with Gasteiger partial charge < -0.3 is 30.7 Å². The molecule has 4 N–H and O–H groups in total. The fraction of sp³-hybridized carbons (Fsp3) is 0.714. The zero-order chi connectivity index (χ0) is 32.7. The van der Waals surface area contributed by atoms with E-state index >= 15 is 0 Å². The second-order valence-electron chi connectivity index (χ2n) is 15.4. The van der Waals surface area contributed by atoms with Crippen molar-refractivity contribution in [2.45, 2.75) is 115 Å². The van der Waals surface area contributed by atoms with Crippen LogP contribution in [0.4, 0.5) is 4.79 Å². The molecule has 1 unspecified atom stereocenters. The molecule has 46 heavy (non-hydrogen) atoms. The first kappa shape index (κ1) is 32.6. The van der Waals surface area contributed by atoms with Gasteiger partial charge in [-0.05, 0) is 49.0 Å². The van der Waals surface area contributed by atoms with Crippen molar-refractivity contribution in [2.75, 3.05) is 19.7 Å². The van der Waals surface area contributed by atoms with E-state index in [1.807, 2.05) is 45.0 Å². The van der Waals surface area contributed by atoms with Crippen LogP contribution in [0.15, 0.2) is 24.3 Å². The Balaban J connectivity index is 1.25. The number of benzene rings is 1. The molecular formula is C35H51N5O6. The van der Waals surface area contributed by atoms with Gasteiger partial charge in [-0.2, -0.15) is 0 Å². The number of nitrogens with one attached hydrogen (secondary N) is 3. The predicted octanol–water partition coefficient (Wildman–Crippen LogP) is 3.68. The number of nitrogens with zero attached hydrogens (tertiary/aromatic N) is 2. The maximum absolute atomic E-state index is 14.8. The molecule has 3 aliphatic heterocycles. The minimum Gasteiger partial charge on any atom is -0.493 e. The first-order valence-electron chi connectivity index (χ1n) is 17.3. The van der Waals surface area contributed by atoms with Crippen molar-refractivity contribution in [2.24, 2.45) is 23.2 Å². The van der Waals surface area contributed by atoms with Crippen LogP contribution in [0.2, 0.25) is 0 Å². The molecule has 8 atom stereocenters. The van der Waals surface area contributed by atoms with Gasteiger partial charge in [0.1, 0.15) is 17.8 Å². The smallest absolute Gasteiger partial charge is 0.404 e. The Labute approximate surface area is 272 Å². The van der Waals surface area contributed by atoms with Crippen LogP contribution in [0.5, 0.6) is 5.75 Å². The average Bonchev–Trinajstić information content (AvgIpc) is 3.71. The highest BCUT2D eigenvalue weighted by Crippen LogP contribution is 2.49. The van der Waals surface area contributed by atoms with E-state index in [-0.39, 0.29) is 35.7 Å². The summed E-state index contributed by atoms with van der Waals surface area (Å²) in [7, 11) is 0. The number of fused-ring (bicyclic) bond motifs is 4. The van der Waals surface area contributed by atoms with Crippen molar-refractivity contribution in [3.8, 4) is 5.75 Å². The molecule has 0 bridgehead atoms. The number of amides is 4. The number of piperidine rings is 1. The van der Waals surface area contributed by atoms with Gasteiger partial charge in [0.2, 0.25) is 17.7 Å². The van der Waals surface area contributed by atoms with Crippen LogP contribution in [-0.2, 0) is 14.4 Å². The van der Waals surface area contributed by atoms with E-state index in [9.17, 15) is 24.3 Å². The van der Waals surface area contributed by atoms with Gasteiger partial charge in [-0.15, -0.1) is 0 Å². The molecular weight excluding hydrogens is 586 g/mol. The van der Waals surface area contributed by atoms with Gasteiger partial charge in [0.05, 0.1) is 18.6 Å². The molecule has 0 spiro atoms. The second kappa shape index (κ2) is 13.0. The number of para-hydroxylation sites is 1. The number of carbonyl (C=O) groups excluding carboxylic acids is 3. The van der Waals surface area contributed by atoms with E-state index in [4.69, 9.17) is 4.74 Å². The zero-order valence-electron chi connectivity index (χ0n) is 27.7. The number of ether oxygens (including phenoxy) is 1. The maximum Gasteiger partial charge on any atom is 0.404 e. The molecule has 0 radical (unpaired) electrons. The summed E-state index contributed by atoms with van der Waals surface area (Å²) >= 11 is 0. The van der Waals surface area contributed by atoms with Crippen LogP contribution in [0.3, 0.4) is 0 Å². The molecule has 2 aliphatic carbocycles. The van der Waals surface area contributed by atoms with Crippen molar-refractivity contribution < 1.29 is 29.0 Å². The van der Waals surface area contributed by atoms with Crippen molar-refractivity contribution in [1.29, 1.82) is 0 Å². The minimum absolute atomic E-state index is 0.0426. The Bertz CT molecular complexity index is 1320. The summed E-state index contributed by atoms with van der Waals surface area (Å²) in [6, 6.07) is 6.17. The highest BCUT2D eigenvalue weighted by Gasteiger charge is 2.57. The molecule has 6 rings (SSSR count). The third-order valence-electron chi connectivity index (χ3n) is 11.2. The van der Waals surface area contributed by atoms with E-state index in [1.165, 1.54) is 0 Å². The average molecular weight is 638 g/mol. The third-order valence-corrected chi connectivity index (χ3v) is 11.2. The highest BCUT2D eigenvalue weighted by molar-refractivity contribution is 5.93. The van der Waals surface area contributed by atoms with E-state index in [1.54, 1.807) is 11.8 Å². The largest absolute Gasteiger partial charge is 0.493 e. The molecule has 11 nitrogen and oxygen atoms in total. The molecule has 4 amide bonds. The molecule has 1 aromatic rings. The van der Waals surface area contributed by atoms with Crippen molar-refractivity contribution in [3.63, 3.8) is 0 Å². The van der Waals surface area contributed by atoms with Crippen LogP contribution >= 0.6 is 0 Å². The minimum atomic E-state index is -1.19. The van der Waals surface area contributed by atoms with Gasteiger partial charge in [0.15, 0.2) is 0 Å². The molecule has 3 heterocycles. The Morgan fingerprint density at radius 1 is 0.978 bits per heavy atom. The Kier molecular flexibility index (Phi) is 9.24. The van der Waals surface area contributed by atoms with Gasteiger partial charge in [-0.25, -0.2) is 4.79 Å². The standard InChI is InChI=1S/C35H51N5O6/c1-20(30(35(2,3)4)38-34(44)45)31(41)37-29(21-10-6-5-7-11-21)33(43)40-18-23-16-22-17-26(22)39(23)19-27(40)32(42)36-25-14-15-46-28-13-9-8-12-24(25)28/h8-9,12-13,20-23,25-27,29-30,38H,5-7,10-11,14-19H2,1-4H3,(H,36,42)(H,37,41)(H,44,45)/t20-,22+,23+,25+,26-,27-,29-,30?/m0/s1. The lowest BCUT2D eigenvalue weighted by molar-refractivity contribution is -0.150. The van der Waals surface area contributed by atoms with E-state index in [2.05, 4.69) is 20.9 Å². The lowest BCUT2D eigenvalue weighted by Gasteiger charge is -2.46. The summed E-state index contributed by atoms with van der Waals surface area (Å²) < 4.78 is 5.83. The number of hydrogen-bond acceptors (Lipinski definition) is 6. The van der Waals surface area contributed by atoms with Crippen LogP contribution in [0.1, 0.15) is 90.7 Å². The monoisotopic (exact) mass is 637 g/mol. The normalized spacial score (nSPS) is 29.6. The topological polar surface area (TPSA) is 140 Å². The number of carboxylic acid groups (broad SMARTS) is 1. The van der Waals surface area contributed by atoms with Crippen LogP contribution in [-0.4, -0.2) is 88.6 Å². The molecule has 0 aromatic heterocycles. The Hall–Kier alpha value is -3.34. The summed E-state index contributed by atoms with van der Waals surface area (Å²) in [5, 5.41) is 18.4. The highest BCUT2D eigenvalue weighted by atomic mass is 16.5. The summed E-state index contributed by atoms with van der Waals surface area (Å²) in [6.07, 6.45) is 6.36. The van der Waals surface area contributed by atoms with Crippen LogP contribution < -0.4 is 20.7 Å². The van der Waals surface area contributed by atoms with E-state index in [0.717, 1.165) is 56.3 Å². The maximum atomic E-state index is 14.8. The summed E-state index contributed by atoms with van der Waals surface area (Å²) in [5.41, 5.74) is 0.423. The fourth-order valence-corrected chi connectivity index (χ4v) is 8.68. The first-order valence-corrected chi connectivity index (χ1v) is 17.3. The number of carbonyl (C=O) groups is 4. The molecule has 11 heteroatoms. The lowest BCUT2D eigenvalue weighted by Crippen LogP contribution is -2.67. The number of rotatable bonds is 8.